The highest BCUT2D eigenvalue weighted by Gasteiger charge is 2.31. The van der Waals surface area contributed by atoms with E-state index in [-0.39, 0.29) is 24.3 Å². The SMILES string of the molecule is COc1ccc(Cl)cc1Nc1cc(-c2cccc(OC(F)(F)F)c2)nc(N[C@@H](C)CO)n1. The average Bonchev–Trinajstić information content (AvgIpc) is 2.72. The Bertz CT molecular complexity index is 1080. The van der Waals surface area contributed by atoms with Crippen molar-refractivity contribution in [3.63, 3.8) is 0 Å². The second kappa shape index (κ2) is 9.92. The molecule has 1 aromatic heterocycles. The van der Waals surface area contributed by atoms with Gasteiger partial charge in [0.15, 0.2) is 0 Å². The molecule has 3 rings (SSSR count). The van der Waals surface area contributed by atoms with E-state index >= 15 is 0 Å². The number of rotatable bonds is 8. The Labute approximate surface area is 187 Å². The maximum Gasteiger partial charge on any atom is 0.573 e. The highest BCUT2D eigenvalue weighted by atomic mass is 35.5. The summed E-state index contributed by atoms with van der Waals surface area (Å²) in [6, 6.07) is 11.6. The Morgan fingerprint density at radius 3 is 2.59 bits per heavy atom. The number of aliphatic hydroxyl groups is 1. The zero-order valence-electron chi connectivity index (χ0n) is 17.1. The molecule has 0 fully saturated rings. The minimum Gasteiger partial charge on any atom is -0.495 e. The fourth-order valence-electron chi connectivity index (χ4n) is 2.76. The maximum atomic E-state index is 12.6. The van der Waals surface area contributed by atoms with E-state index in [1.54, 1.807) is 37.3 Å². The number of methoxy groups -OCH3 is 1. The van der Waals surface area contributed by atoms with Gasteiger partial charge in [-0.2, -0.15) is 4.98 Å². The summed E-state index contributed by atoms with van der Waals surface area (Å²) in [5.74, 6) is 0.617. The number of alkyl halides is 3. The standard InChI is InChI=1S/C21H20ClF3N4O3/c1-12(11-30)26-20-28-16(13-4-3-5-15(8-13)32-21(23,24)25)10-19(29-20)27-17-9-14(22)6-7-18(17)31-2/h3-10,12,30H,11H2,1-2H3,(H2,26,27,28,29)/t12-/m0/s1. The number of anilines is 3. The van der Waals surface area contributed by atoms with Crippen LogP contribution in [0.15, 0.2) is 48.5 Å². The molecule has 11 heteroatoms. The van der Waals surface area contributed by atoms with E-state index in [9.17, 15) is 18.3 Å². The Kier molecular flexibility index (Phi) is 7.26. The monoisotopic (exact) mass is 468 g/mol. The number of aromatic nitrogens is 2. The second-order valence-corrected chi connectivity index (χ2v) is 7.17. The summed E-state index contributed by atoms with van der Waals surface area (Å²) in [5, 5.41) is 15.8. The highest BCUT2D eigenvalue weighted by molar-refractivity contribution is 6.31. The third kappa shape index (κ3) is 6.38. The van der Waals surface area contributed by atoms with Crippen LogP contribution in [0.25, 0.3) is 11.3 Å². The number of aliphatic hydroxyl groups excluding tert-OH is 1. The summed E-state index contributed by atoms with van der Waals surface area (Å²) in [6.07, 6.45) is -4.82. The summed E-state index contributed by atoms with van der Waals surface area (Å²) in [7, 11) is 1.50. The van der Waals surface area contributed by atoms with E-state index in [1.807, 2.05) is 0 Å². The molecule has 0 unspecified atom stereocenters. The predicted molar refractivity (Wildman–Crippen MR) is 116 cm³/mol. The molecule has 0 aliphatic rings. The lowest BCUT2D eigenvalue weighted by Crippen LogP contribution is -2.21. The van der Waals surface area contributed by atoms with Gasteiger partial charge in [0.1, 0.15) is 17.3 Å². The molecular formula is C21H20ClF3N4O3. The zero-order chi connectivity index (χ0) is 23.3. The van der Waals surface area contributed by atoms with Crippen molar-refractivity contribution in [2.45, 2.75) is 19.3 Å². The zero-order valence-corrected chi connectivity index (χ0v) is 17.8. The molecule has 0 amide bonds. The van der Waals surface area contributed by atoms with Gasteiger partial charge in [0.05, 0.1) is 25.1 Å². The van der Waals surface area contributed by atoms with E-state index in [1.165, 1.54) is 25.3 Å². The summed E-state index contributed by atoms with van der Waals surface area (Å²) >= 11 is 6.08. The molecule has 0 spiro atoms. The fraction of sp³-hybridized carbons (Fsp3) is 0.238. The van der Waals surface area contributed by atoms with Crippen molar-refractivity contribution in [3.05, 3.63) is 53.6 Å². The number of nitrogens with one attached hydrogen (secondary N) is 2. The van der Waals surface area contributed by atoms with E-state index in [0.29, 0.717) is 33.5 Å². The normalized spacial score (nSPS) is 12.2. The van der Waals surface area contributed by atoms with Gasteiger partial charge in [-0.05, 0) is 37.3 Å². The molecule has 32 heavy (non-hydrogen) atoms. The number of nitrogens with zero attached hydrogens (tertiary/aromatic N) is 2. The minimum absolute atomic E-state index is 0.162. The van der Waals surface area contributed by atoms with Crippen LogP contribution in [0.5, 0.6) is 11.5 Å². The third-order valence-corrected chi connectivity index (χ3v) is 4.40. The van der Waals surface area contributed by atoms with Gasteiger partial charge in [0.25, 0.3) is 0 Å². The number of hydrogen-bond acceptors (Lipinski definition) is 7. The second-order valence-electron chi connectivity index (χ2n) is 6.74. The van der Waals surface area contributed by atoms with Gasteiger partial charge < -0.3 is 25.2 Å². The lowest BCUT2D eigenvalue weighted by atomic mass is 10.1. The lowest BCUT2D eigenvalue weighted by molar-refractivity contribution is -0.274. The minimum atomic E-state index is -4.82. The Hall–Kier alpha value is -3.24. The molecular weight excluding hydrogens is 449 g/mol. The van der Waals surface area contributed by atoms with Crippen molar-refractivity contribution in [1.82, 2.24) is 9.97 Å². The van der Waals surface area contributed by atoms with Crippen LogP contribution >= 0.6 is 11.6 Å². The van der Waals surface area contributed by atoms with Crippen LogP contribution in [0.3, 0.4) is 0 Å². The molecule has 7 nitrogen and oxygen atoms in total. The van der Waals surface area contributed by atoms with Gasteiger partial charge in [-0.25, -0.2) is 4.98 Å². The number of hydrogen-bond donors (Lipinski definition) is 3. The first kappa shape index (κ1) is 23.4. The summed E-state index contributed by atoms with van der Waals surface area (Å²) in [4.78, 5) is 8.74. The van der Waals surface area contributed by atoms with Gasteiger partial charge in [-0.3, -0.25) is 0 Å². The maximum absolute atomic E-state index is 12.6. The van der Waals surface area contributed by atoms with Gasteiger partial charge in [0, 0.05) is 22.7 Å². The fourth-order valence-corrected chi connectivity index (χ4v) is 2.93. The van der Waals surface area contributed by atoms with E-state index in [4.69, 9.17) is 16.3 Å². The smallest absolute Gasteiger partial charge is 0.495 e. The molecule has 0 radical (unpaired) electrons. The van der Waals surface area contributed by atoms with Crippen LogP contribution in [0.2, 0.25) is 5.02 Å². The van der Waals surface area contributed by atoms with Gasteiger partial charge in [0.2, 0.25) is 5.95 Å². The average molecular weight is 469 g/mol. The van der Waals surface area contributed by atoms with E-state index in [2.05, 4.69) is 25.3 Å². The molecule has 1 atom stereocenters. The molecule has 2 aromatic carbocycles. The summed E-state index contributed by atoms with van der Waals surface area (Å²) in [6.45, 7) is 1.55. The molecule has 0 saturated heterocycles. The Balaban J connectivity index is 2.02. The Morgan fingerprint density at radius 1 is 1.12 bits per heavy atom. The molecule has 3 N–H and O–H groups in total. The van der Waals surface area contributed by atoms with Crippen LogP contribution in [0.4, 0.5) is 30.6 Å². The molecule has 0 bridgehead atoms. The Morgan fingerprint density at radius 2 is 1.91 bits per heavy atom. The van der Waals surface area contributed by atoms with Crippen molar-refractivity contribution in [3.8, 4) is 22.8 Å². The first-order valence-corrected chi connectivity index (χ1v) is 9.78. The van der Waals surface area contributed by atoms with E-state index in [0.717, 1.165) is 0 Å². The van der Waals surface area contributed by atoms with Crippen LogP contribution in [0.1, 0.15) is 6.92 Å². The van der Waals surface area contributed by atoms with Crippen molar-refractivity contribution >= 4 is 29.1 Å². The van der Waals surface area contributed by atoms with Crippen molar-refractivity contribution in [2.75, 3.05) is 24.4 Å². The molecule has 3 aromatic rings. The lowest BCUT2D eigenvalue weighted by Gasteiger charge is -2.16. The molecule has 0 aliphatic heterocycles. The van der Waals surface area contributed by atoms with Crippen molar-refractivity contribution in [2.24, 2.45) is 0 Å². The first-order valence-electron chi connectivity index (χ1n) is 9.40. The van der Waals surface area contributed by atoms with E-state index < -0.39 is 6.36 Å². The largest absolute Gasteiger partial charge is 0.573 e. The van der Waals surface area contributed by atoms with Gasteiger partial charge in [-0.15, -0.1) is 13.2 Å². The highest BCUT2D eigenvalue weighted by Crippen LogP contribution is 2.32. The van der Waals surface area contributed by atoms with Crippen molar-refractivity contribution < 1.29 is 27.8 Å². The van der Waals surface area contributed by atoms with Gasteiger partial charge in [-0.1, -0.05) is 23.7 Å². The molecule has 0 aliphatic carbocycles. The van der Waals surface area contributed by atoms with Crippen LogP contribution in [-0.4, -0.2) is 41.2 Å². The summed E-state index contributed by atoms with van der Waals surface area (Å²) < 4.78 is 47.2. The number of benzene rings is 2. The van der Waals surface area contributed by atoms with Crippen molar-refractivity contribution in [1.29, 1.82) is 0 Å². The van der Waals surface area contributed by atoms with Crippen LogP contribution in [-0.2, 0) is 0 Å². The van der Waals surface area contributed by atoms with Gasteiger partial charge >= 0.3 is 6.36 Å². The topological polar surface area (TPSA) is 88.5 Å². The third-order valence-electron chi connectivity index (χ3n) is 4.16. The predicted octanol–water partition coefficient (Wildman–Crippen LogP) is 5.24. The van der Waals surface area contributed by atoms with Crippen LogP contribution in [0, 0.1) is 0 Å². The number of halogens is 4. The molecule has 170 valence electrons. The summed E-state index contributed by atoms with van der Waals surface area (Å²) in [5.41, 5.74) is 1.22. The number of ether oxygens (including phenoxy) is 2. The quantitative estimate of drug-likeness (QED) is 0.416. The molecule has 0 saturated carbocycles. The van der Waals surface area contributed by atoms with Crippen LogP contribution < -0.4 is 20.1 Å². The first-order chi connectivity index (χ1) is 15.2. The molecule has 1 heterocycles.